The van der Waals surface area contributed by atoms with Crippen molar-refractivity contribution in [2.75, 3.05) is 7.11 Å². The van der Waals surface area contributed by atoms with Crippen LogP contribution in [0.2, 0.25) is 0 Å². The van der Waals surface area contributed by atoms with Crippen molar-refractivity contribution in [1.82, 2.24) is 39.1 Å². The van der Waals surface area contributed by atoms with Gasteiger partial charge in [-0.15, -0.1) is 0 Å². The third-order valence-electron chi connectivity index (χ3n) is 10.0. The number of methoxy groups -OCH3 is 1. The van der Waals surface area contributed by atoms with Crippen molar-refractivity contribution in [2.24, 2.45) is 14.1 Å². The van der Waals surface area contributed by atoms with Gasteiger partial charge in [-0.25, -0.2) is 18.1 Å². The van der Waals surface area contributed by atoms with E-state index in [0.29, 0.717) is 22.7 Å². The second-order valence-corrected chi connectivity index (χ2v) is 14.6. The van der Waals surface area contributed by atoms with Gasteiger partial charge in [-0.3, -0.25) is 9.36 Å². The number of alkyl halides is 6. The van der Waals surface area contributed by atoms with Crippen molar-refractivity contribution < 1.29 is 49.7 Å². The molecule has 0 fully saturated rings. The fraction of sp³-hybridized carbons (Fsp3) is 0.273. The second kappa shape index (κ2) is 19.2. The van der Waals surface area contributed by atoms with Crippen LogP contribution in [0.3, 0.4) is 0 Å². The molecule has 0 aliphatic heterocycles. The molecular formula is C44H38F8N10O3. The number of nitrogens with zero attached hydrogens (tertiary/aromatic N) is 10. The molecule has 4 aromatic heterocycles. The molecule has 0 amide bonds. The quantitative estimate of drug-likeness (QED) is 0.118. The van der Waals surface area contributed by atoms with Crippen LogP contribution in [0.15, 0.2) is 84.9 Å². The zero-order chi connectivity index (χ0) is 47.4. The molecule has 7 rings (SSSR count). The van der Waals surface area contributed by atoms with Crippen molar-refractivity contribution in [1.29, 1.82) is 10.5 Å². The van der Waals surface area contributed by atoms with Gasteiger partial charge in [-0.05, 0) is 92.2 Å². The van der Waals surface area contributed by atoms with Crippen LogP contribution in [0.1, 0.15) is 88.3 Å². The summed E-state index contributed by atoms with van der Waals surface area (Å²) in [5.41, 5.74) is 1.05. The van der Waals surface area contributed by atoms with Crippen LogP contribution >= 0.6 is 0 Å². The summed E-state index contributed by atoms with van der Waals surface area (Å²) < 4.78 is 125. The molecule has 338 valence electrons. The van der Waals surface area contributed by atoms with Crippen LogP contribution in [0.4, 0.5) is 35.1 Å². The van der Waals surface area contributed by atoms with Gasteiger partial charge in [0.25, 0.3) is 0 Å². The van der Waals surface area contributed by atoms with Crippen LogP contribution < -0.4 is 4.74 Å². The normalized spacial score (nSPS) is 12.6. The van der Waals surface area contributed by atoms with Gasteiger partial charge in [0, 0.05) is 49.5 Å². The molecular weight excluding hydrogens is 869 g/mol. The van der Waals surface area contributed by atoms with E-state index in [1.807, 2.05) is 24.3 Å². The molecule has 21 heteroatoms. The van der Waals surface area contributed by atoms with Crippen LogP contribution in [0, 0.1) is 34.3 Å². The third kappa shape index (κ3) is 11.1. The highest BCUT2D eigenvalue weighted by Gasteiger charge is 2.37. The predicted octanol–water partition coefficient (Wildman–Crippen LogP) is 8.79. The van der Waals surface area contributed by atoms with Crippen LogP contribution in [0.5, 0.6) is 5.75 Å². The molecule has 0 spiro atoms. The molecule has 7 aromatic rings. The average molecular weight is 907 g/mol. The minimum absolute atomic E-state index is 0.00611. The first kappa shape index (κ1) is 47.1. The number of hydrogen-bond donors (Lipinski definition) is 1. The first-order valence-electron chi connectivity index (χ1n) is 19.4. The van der Waals surface area contributed by atoms with Crippen molar-refractivity contribution in [3.63, 3.8) is 0 Å². The number of aromatic nitrogens is 8. The summed E-state index contributed by atoms with van der Waals surface area (Å²) in [6.45, 7) is 3.26. The van der Waals surface area contributed by atoms with E-state index in [2.05, 4.69) is 20.4 Å². The smallest absolute Gasteiger partial charge is 0.435 e. The van der Waals surface area contributed by atoms with E-state index < -0.39 is 47.6 Å². The Morgan fingerprint density at radius 3 is 1.48 bits per heavy atom. The SMILES string of the molecule is COc1ccc(CO[C@H](C)c2cc(F)ccc2-n2nc(C(F)(F)F)cc2Cc2cc(C#N)nn2C)cc1.C[C@@H](O)c1cc(F)ccc1-n1nc(C(F)(F)F)cc1Cc1cc(C#N)nn1C. The fourth-order valence-electron chi connectivity index (χ4n) is 6.74. The number of nitriles is 2. The molecule has 4 heterocycles. The van der Waals surface area contributed by atoms with Crippen LogP contribution in [-0.2, 0) is 50.6 Å². The van der Waals surface area contributed by atoms with Gasteiger partial charge < -0.3 is 14.6 Å². The van der Waals surface area contributed by atoms with Crippen LogP contribution in [-0.4, -0.2) is 51.3 Å². The van der Waals surface area contributed by atoms with E-state index in [0.717, 1.165) is 45.3 Å². The number of benzene rings is 3. The first-order chi connectivity index (χ1) is 30.7. The summed E-state index contributed by atoms with van der Waals surface area (Å²) in [4.78, 5) is 0. The van der Waals surface area contributed by atoms with Gasteiger partial charge in [-0.1, -0.05) is 12.1 Å². The lowest BCUT2D eigenvalue weighted by molar-refractivity contribution is -0.142. The van der Waals surface area contributed by atoms with Gasteiger partial charge in [0.15, 0.2) is 22.8 Å². The summed E-state index contributed by atoms with van der Waals surface area (Å²) >= 11 is 0. The van der Waals surface area contributed by atoms with E-state index in [4.69, 9.17) is 20.0 Å². The van der Waals surface area contributed by atoms with Crippen LogP contribution in [0.25, 0.3) is 11.4 Å². The molecule has 0 bridgehead atoms. The largest absolute Gasteiger partial charge is 0.497 e. The molecule has 0 saturated heterocycles. The van der Waals surface area contributed by atoms with E-state index in [1.165, 1.54) is 46.6 Å². The van der Waals surface area contributed by atoms with Gasteiger partial charge >= 0.3 is 12.4 Å². The molecule has 0 unspecified atom stereocenters. The van der Waals surface area contributed by atoms with Gasteiger partial charge in [0.1, 0.15) is 29.5 Å². The van der Waals surface area contributed by atoms with E-state index >= 15 is 0 Å². The second-order valence-electron chi connectivity index (χ2n) is 14.6. The highest BCUT2D eigenvalue weighted by atomic mass is 19.4. The van der Waals surface area contributed by atoms with Gasteiger partial charge in [0.2, 0.25) is 0 Å². The lowest BCUT2D eigenvalue weighted by Crippen LogP contribution is -2.12. The molecule has 0 aliphatic carbocycles. The number of ether oxygens (including phenoxy) is 2. The molecule has 3 aromatic carbocycles. The summed E-state index contributed by atoms with van der Waals surface area (Å²) in [6, 6.07) is 22.9. The summed E-state index contributed by atoms with van der Waals surface area (Å²) in [5, 5.41) is 43.5. The number of aliphatic hydroxyl groups is 1. The summed E-state index contributed by atoms with van der Waals surface area (Å²) in [7, 11) is 4.73. The van der Waals surface area contributed by atoms with Crippen molar-refractivity contribution in [2.45, 2.75) is 57.9 Å². The first-order valence-corrected chi connectivity index (χ1v) is 19.4. The van der Waals surface area contributed by atoms with Crippen molar-refractivity contribution in [3.8, 4) is 29.3 Å². The number of hydrogen-bond acceptors (Lipinski definition) is 9. The maximum Gasteiger partial charge on any atom is 0.435 e. The summed E-state index contributed by atoms with van der Waals surface area (Å²) in [6.07, 6.45) is -11.2. The minimum atomic E-state index is -4.69. The zero-order valence-corrected chi connectivity index (χ0v) is 35.1. The molecule has 0 aliphatic rings. The van der Waals surface area contributed by atoms with E-state index in [1.54, 1.807) is 40.3 Å². The molecule has 2 atom stereocenters. The highest BCUT2D eigenvalue weighted by Crippen LogP contribution is 2.34. The Morgan fingerprint density at radius 1 is 0.631 bits per heavy atom. The Balaban J connectivity index is 0.000000224. The van der Waals surface area contributed by atoms with Crippen molar-refractivity contribution >= 4 is 0 Å². The summed E-state index contributed by atoms with van der Waals surface area (Å²) in [5.74, 6) is -0.505. The number of rotatable bonds is 12. The number of aryl methyl sites for hydroxylation is 2. The maximum absolute atomic E-state index is 14.3. The van der Waals surface area contributed by atoms with E-state index in [9.17, 15) is 40.2 Å². The predicted molar refractivity (Wildman–Crippen MR) is 215 cm³/mol. The number of halogens is 8. The highest BCUT2D eigenvalue weighted by molar-refractivity contribution is 5.46. The molecule has 0 radical (unpaired) electrons. The standard InChI is InChI=1S/C26H23F4N5O2.C18H15F4N5O/c1-16(37-15-17-4-7-22(36-3)8-5-17)23-10-18(27)6-9-24(23)35-21(13-25(33-35)26(28,29)30)12-20-11-19(14-31)32-34(20)2;1-10(28)15-5-11(19)3-4-16(15)27-14(8-17(25-27)18(20,21)22)7-13-6-12(9-23)24-26(13)2/h4-11,13,16H,12,15H2,1-3H3;3-6,8,10,28H,7H2,1-2H3/t16-;10-/m11/s1. The lowest BCUT2D eigenvalue weighted by Gasteiger charge is -2.19. The topological polar surface area (TPSA) is 158 Å². The molecule has 1 N–H and O–H groups in total. The third-order valence-corrected chi connectivity index (χ3v) is 10.0. The molecule has 13 nitrogen and oxygen atoms in total. The van der Waals surface area contributed by atoms with Crippen molar-refractivity contribution in [3.05, 3.63) is 159 Å². The minimum Gasteiger partial charge on any atom is -0.497 e. The number of aliphatic hydroxyl groups excluding tert-OH is 1. The molecule has 65 heavy (non-hydrogen) atoms. The Bertz CT molecular complexity index is 2880. The Hall–Kier alpha value is -7.36. The van der Waals surface area contributed by atoms with Gasteiger partial charge in [-0.2, -0.15) is 57.3 Å². The van der Waals surface area contributed by atoms with Gasteiger partial charge in [0.05, 0.1) is 48.7 Å². The fourth-order valence-corrected chi connectivity index (χ4v) is 6.74. The maximum atomic E-state index is 14.3. The average Bonchev–Trinajstić information content (AvgIpc) is 4.06. The monoisotopic (exact) mass is 906 g/mol. The zero-order valence-electron chi connectivity index (χ0n) is 35.1. The Labute approximate surface area is 365 Å². The molecule has 0 saturated carbocycles. The lowest BCUT2D eigenvalue weighted by atomic mass is 10.1. The Kier molecular flexibility index (Phi) is 13.9. The Morgan fingerprint density at radius 2 is 1.08 bits per heavy atom. The van der Waals surface area contributed by atoms with E-state index in [-0.39, 0.29) is 59.2 Å².